The zero-order valence-electron chi connectivity index (χ0n) is 33.6. The van der Waals surface area contributed by atoms with E-state index in [4.69, 9.17) is 10.5 Å². The minimum Gasteiger partial charge on any atom is -0.418 e. The van der Waals surface area contributed by atoms with Gasteiger partial charge in [0.05, 0.1) is 23.3 Å². The summed E-state index contributed by atoms with van der Waals surface area (Å²) in [4.78, 5) is 0. The molecule has 0 saturated heterocycles. The molecule has 330 valence electrons. The van der Waals surface area contributed by atoms with E-state index in [1.165, 1.54) is 32.5 Å². The van der Waals surface area contributed by atoms with Crippen LogP contribution in [0.15, 0.2) is 182 Å². The van der Waals surface area contributed by atoms with Crippen LogP contribution in [-0.4, -0.2) is 14.5 Å². The van der Waals surface area contributed by atoms with Gasteiger partial charge in [-0.05, 0) is 113 Å². The molecule has 0 spiro atoms. The van der Waals surface area contributed by atoms with Gasteiger partial charge in [0.25, 0.3) is 0 Å². The zero-order valence-corrected chi connectivity index (χ0v) is 38.0. The van der Waals surface area contributed by atoms with Crippen molar-refractivity contribution in [1.82, 2.24) is 0 Å². The van der Waals surface area contributed by atoms with Crippen LogP contribution in [0.4, 0.5) is 34.5 Å². The Bertz CT molecular complexity index is 1900. The van der Waals surface area contributed by atoms with Crippen LogP contribution in [0.1, 0.15) is 11.1 Å². The van der Waals surface area contributed by atoms with E-state index in [9.17, 15) is 34.5 Å². The summed E-state index contributed by atoms with van der Waals surface area (Å²) in [6, 6.07) is 65.4. The number of nitrogens with zero attached hydrogens (tertiary/aromatic N) is 2. The predicted molar refractivity (Wildman–Crippen MR) is 242 cm³/mol. The Kier molecular flexibility index (Phi) is 29.5. The van der Waals surface area contributed by atoms with Crippen molar-refractivity contribution in [2.75, 3.05) is 0 Å². The second-order valence-corrected chi connectivity index (χ2v) is 16.7. The molecule has 2 fully saturated rings. The molecule has 0 atom stereocenters. The molecule has 10 radical (unpaired) electrons. The van der Waals surface area contributed by atoms with Gasteiger partial charge >= 0.3 is 34.9 Å². The van der Waals surface area contributed by atoms with E-state index in [1.807, 2.05) is 48.5 Å². The quantitative estimate of drug-likeness (QED) is 0.0948. The third kappa shape index (κ3) is 25.4. The number of hydrogen-bond acceptors (Lipinski definition) is 2. The summed E-state index contributed by atoms with van der Waals surface area (Å²) < 4.78 is 78.0. The second-order valence-electron chi connectivity index (χ2n) is 12.2. The summed E-state index contributed by atoms with van der Waals surface area (Å²) >= 11 is 0. The summed E-state index contributed by atoms with van der Waals surface area (Å²) in [7, 11) is -12.8. The van der Waals surface area contributed by atoms with Crippen LogP contribution in [0.3, 0.4) is 0 Å². The van der Waals surface area contributed by atoms with E-state index in [2.05, 4.69) is 173 Å². The van der Waals surface area contributed by atoms with E-state index in [-0.39, 0.29) is 37.5 Å². The summed E-state index contributed by atoms with van der Waals surface area (Å²) in [6.45, 7) is 0. The maximum Gasteiger partial charge on any atom is 2.00 e. The molecule has 2 aliphatic rings. The van der Waals surface area contributed by atoms with Gasteiger partial charge in [0.2, 0.25) is 0 Å². The Balaban J connectivity index is 0.000000413. The molecule has 6 aromatic carbocycles. The van der Waals surface area contributed by atoms with Crippen molar-refractivity contribution in [2.45, 2.75) is 0 Å². The summed E-state index contributed by atoms with van der Waals surface area (Å²) in [5, 5.41) is 22.2. The van der Waals surface area contributed by atoms with Crippen LogP contribution in [0.5, 0.6) is 0 Å². The molecule has 6 aromatic rings. The standard InChI is InChI=1S/2C17H14P.2C7H5N.2BF4.Fe.Pd/c2*1-3-9-15(10-4-1)18(17-13-7-8-14-17)16-11-5-2-6-12-16;2*8-6-7-4-2-1-3-5-7;2*2-1(3,4)5;;/h2*1-14H;2*1-5H;;;;/q;;;;2*-1;;+2. The van der Waals surface area contributed by atoms with Gasteiger partial charge in [0.15, 0.2) is 0 Å². The fourth-order valence-corrected chi connectivity index (χ4v) is 9.86. The van der Waals surface area contributed by atoms with Crippen molar-refractivity contribution in [3.8, 4) is 12.1 Å². The summed E-state index contributed by atoms with van der Waals surface area (Å²) in [5.41, 5.74) is 4.27. The molecule has 0 bridgehead atoms. The molecule has 0 aliphatic heterocycles. The third-order valence-electron chi connectivity index (χ3n) is 7.67. The van der Waals surface area contributed by atoms with Crippen molar-refractivity contribution < 1.29 is 72.0 Å². The molecule has 16 heteroatoms. The van der Waals surface area contributed by atoms with Crippen LogP contribution < -0.4 is 21.2 Å². The maximum absolute atomic E-state index is 9.75. The molecule has 0 N–H and O–H groups in total. The zero-order chi connectivity index (χ0) is 45.1. The first kappa shape index (κ1) is 57.9. The third-order valence-corrected chi connectivity index (χ3v) is 12.6. The van der Waals surface area contributed by atoms with Crippen LogP contribution in [0.25, 0.3) is 0 Å². The molecule has 64 heavy (non-hydrogen) atoms. The Morgan fingerprint density at radius 2 is 0.500 bits per heavy atom. The van der Waals surface area contributed by atoms with Gasteiger partial charge in [-0.1, -0.05) is 158 Å². The first-order valence-electron chi connectivity index (χ1n) is 18.7. The average molecular weight is 1040 g/mol. The van der Waals surface area contributed by atoms with Crippen LogP contribution in [0.2, 0.25) is 0 Å². The molecule has 2 saturated carbocycles. The monoisotopic (exact) mass is 1040 g/mol. The summed E-state index contributed by atoms with van der Waals surface area (Å²) in [6.07, 6.45) is 17.4. The molecule has 8 rings (SSSR count). The molecule has 0 heterocycles. The second kappa shape index (κ2) is 32.5. The molecule has 2 aliphatic carbocycles. The molecular weight excluding hydrogens is 1000 g/mol. The SMILES string of the molecule is F[B-](F)(F)F.F[B-](F)(F)F.N#Cc1ccccc1.N#Cc1ccccc1.[CH]1[CH][CH][C](P(c2ccccc2)c2ccccc2)[CH]1.[CH]1[CH][CH][C](P(c2ccccc2)c2ccccc2)[CH]1.[Fe].[Pd+2]. The minimum atomic E-state index is -6.00. The topological polar surface area (TPSA) is 47.6 Å². The molecule has 0 unspecified atom stereocenters. The van der Waals surface area contributed by atoms with Gasteiger partial charge in [0.1, 0.15) is 0 Å². The van der Waals surface area contributed by atoms with Gasteiger partial charge in [-0.15, -0.1) is 0 Å². The van der Waals surface area contributed by atoms with E-state index in [1.54, 1.807) is 24.3 Å². The van der Waals surface area contributed by atoms with E-state index < -0.39 is 30.4 Å². The first-order valence-corrected chi connectivity index (χ1v) is 21.3. The van der Waals surface area contributed by atoms with Gasteiger partial charge in [-0.2, -0.15) is 10.5 Å². The van der Waals surface area contributed by atoms with Crippen LogP contribution in [-0.2, 0) is 37.5 Å². The van der Waals surface area contributed by atoms with Crippen LogP contribution >= 0.6 is 15.8 Å². The maximum atomic E-state index is 9.75. The van der Waals surface area contributed by atoms with Crippen molar-refractivity contribution >= 4 is 51.6 Å². The Hall–Kier alpha value is -4.09. The van der Waals surface area contributed by atoms with Crippen molar-refractivity contribution in [2.24, 2.45) is 0 Å². The average Bonchev–Trinajstić information content (AvgIpc) is 4.02. The smallest absolute Gasteiger partial charge is 0.418 e. The van der Waals surface area contributed by atoms with Crippen LogP contribution in [0, 0.1) is 85.3 Å². The predicted octanol–water partition coefficient (Wildman–Crippen LogP) is 12.7. The number of halogens is 8. The number of hydrogen-bond donors (Lipinski definition) is 0. The Morgan fingerprint density at radius 1 is 0.328 bits per heavy atom. The van der Waals surface area contributed by atoms with Gasteiger partial charge in [0, 0.05) is 28.4 Å². The number of benzene rings is 6. The van der Waals surface area contributed by atoms with Crippen molar-refractivity contribution in [1.29, 1.82) is 10.5 Å². The summed E-state index contributed by atoms with van der Waals surface area (Å²) in [5.74, 6) is 0. The first-order chi connectivity index (χ1) is 29.8. The Morgan fingerprint density at radius 3 is 0.656 bits per heavy atom. The van der Waals surface area contributed by atoms with Crippen molar-refractivity contribution in [3.63, 3.8) is 0 Å². The largest absolute Gasteiger partial charge is 2.00 e. The van der Waals surface area contributed by atoms with Gasteiger partial charge < -0.3 is 34.5 Å². The molecule has 0 aromatic heterocycles. The minimum absolute atomic E-state index is 0. The molecular formula is C48H38B2F8FeN2P2Pd. The van der Waals surface area contributed by atoms with E-state index >= 15 is 0 Å². The number of nitriles is 2. The van der Waals surface area contributed by atoms with E-state index in [0.717, 1.165) is 0 Å². The molecule has 2 nitrogen and oxygen atoms in total. The van der Waals surface area contributed by atoms with Crippen molar-refractivity contribution in [3.05, 3.63) is 256 Å². The normalized spacial score (nSPS) is 13.0. The fraction of sp³-hybridized carbons (Fsp3) is 0. The fourth-order valence-electron chi connectivity index (χ4n) is 5.25. The molecule has 0 amide bonds. The van der Waals surface area contributed by atoms with Gasteiger partial charge in [-0.3, -0.25) is 0 Å². The Labute approximate surface area is 399 Å². The van der Waals surface area contributed by atoms with E-state index in [0.29, 0.717) is 11.1 Å². The van der Waals surface area contributed by atoms with Gasteiger partial charge in [-0.25, -0.2) is 0 Å². The number of rotatable bonds is 6.